The van der Waals surface area contributed by atoms with Crippen molar-refractivity contribution in [3.63, 3.8) is 0 Å². The summed E-state index contributed by atoms with van der Waals surface area (Å²) in [6.45, 7) is 11.2. The number of hydrogen-bond donors (Lipinski definition) is 1. The van der Waals surface area contributed by atoms with Gasteiger partial charge < -0.3 is 19.3 Å². The Morgan fingerprint density at radius 1 is 1.12 bits per heavy atom. The molecule has 1 aliphatic heterocycles. The second-order valence-electron chi connectivity index (χ2n) is 9.88. The lowest BCUT2D eigenvalue weighted by molar-refractivity contribution is -0.140. The molecule has 1 aliphatic rings. The Morgan fingerprint density at radius 3 is 2.38 bits per heavy atom. The van der Waals surface area contributed by atoms with Crippen molar-refractivity contribution in [3.05, 3.63) is 64.1 Å². The third-order valence-corrected chi connectivity index (χ3v) is 5.93. The first-order valence-electron chi connectivity index (χ1n) is 11.0. The largest absolute Gasteiger partial charge is 0.507 e. The highest BCUT2D eigenvalue weighted by Crippen LogP contribution is 2.41. The predicted molar refractivity (Wildman–Crippen MR) is 126 cm³/mol. The van der Waals surface area contributed by atoms with E-state index in [2.05, 4.69) is 20.8 Å². The van der Waals surface area contributed by atoms with E-state index in [0.29, 0.717) is 30.0 Å². The SMILES string of the molecule is Cc1ccc(C2/C(=C(\O)c3cc(C(C)(C)C)ccc3C)C(=O)C(=O)N2CCCN(C)C)o1. The molecule has 172 valence electrons. The monoisotopic (exact) mass is 438 g/mol. The number of aryl methyl sites for hydroxylation is 2. The van der Waals surface area contributed by atoms with E-state index in [9.17, 15) is 14.7 Å². The summed E-state index contributed by atoms with van der Waals surface area (Å²) in [5.74, 6) is -0.260. The maximum Gasteiger partial charge on any atom is 0.295 e. The first-order valence-corrected chi connectivity index (χ1v) is 11.0. The predicted octanol–water partition coefficient (Wildman–Crippen LogP) is 4.57. The number of likely N-dealkylation sites (tertiary alicyclic amines) is 1. The summed E-state index contributed by atoms with van der Waals surface area (Å²) in [5, 5.41) is 11.4. The molecule has 1 atom stereocenters. The molecule has 3 rings (SSSR count). The Morgan fingerprint density at radius 2 is 1.81 bits per heavy atom. The molecule has 1 aromatic carbocycles. The molecule has 6 nitrogen and oxygen atoms in total. The lowest BCUT2D eigenvalue weighted by Crippen LogP contribution is -2.32. The molecule has 1 unspecified atom stereocenters. The van der Waals surface area contributed by atoms with Crippen LogP contribution in [0.2, 0.25) is 0 Å². The Labute approximate surface area is 190 Å². The summed E-state index contributed by atoms with van der Waals surface area (Å²) in [4.78, 5) is 29.7. The minimum absolute atomic E-state index is 0.0864. The smallest absolute Gasteiger partial charge is 0.295 e. The minimum atomic E-state index is -0.747. The Hall–Kier alpha value is -2.86. The fourth-order valence-electron chi connectivity index (χ4n) is 4.05. The molecule has 1 amide bonds. The maximum atomic E-state index is 13.2. The Bertz CT molecular complexity index is 1060. The molecule has 6 heteroatoms. The normalized spacial score (nSPS) is 18.8. The standard InChI is InChI=1S/C26H34N2O4/c1-16-9-11-18(26(3,4)5)15-19(16)23(29)21-22(20-12-10-17(2)32-20)28(25(31)24(21)30)14-8-13-27(6)7/h9-12,15,22,29H,8,13-14H2,1-7H3/b23-21+. The van der Waals surface area contributed by atoms with Crippen LogP contribution in [0, 0.1) is 13.8 Å². The molecule has 0 aliphatic carbocycles. The van der Waals surface area contributed by atoms with Gasteiger partial charge in [-0.05, 0) is 75.6 Å². The molecule has 1 saturated heterocycles. The van der Waals surface area contributed by atoms with Gasteiger partial charge in [-0.15, -0.1) is 0 Å². The first-order chi connectivity index (χ1) is 14.9. The average Bonchev–Trinajstić information content (AvgIpc) is 3.23. The first kappa shape index (κ1) is 23.8. The molecular formula is C26H34N2O4. The van der Waals surface area contributed by atoms with E-state index in [0.717, 1.165) is 17.7 Å². The van der Waals surface area contributed by atoms with Gasteiger partial charge in [0.25, 0.3) is 11.7 Å². The van der Waals surface area contributed by atoms with E-state index in [4.69, 9.17) is 4.42 Å². The Kier molecular flexibility index (Phi) is 6.65. The van der Waals surface area contributed by atoms with Gasteiger partial charge in [-0.25, -0.2) is 0 Å². The fraction of sp³-hybridized carbons (Fsp3) is 0.462. The van der Waals surface area contributed by atoms with Gasteiger partial charge in [0.15, 0.2) is 0 Å². The number of nitrogens with zero attached hydrogens (tertiary/aromatic N) is 2. The van der Waals surface area contributed by atoms with E-state index in [1.807, 2.05) is 51.0 Å². The van der Waals surface area contributed by atoms with Crippen LogP contribution in [0.5, 0.6) is 0 Å². The topological polar surface area (TPSA) is 74.0 Å². The summed E-state index contributed by atoms with van der Waals surface area (Å²) in [6, 6.07) is 8.71. The lowest BCUT2D eigenvalue weighted by Gasteiger charge is -2.24. The second kappa shape index (κ2) is 8.94. The maximum absolute atomic E-state index is 13.2. The molecule has 2 aromatic rings. The highest BCUT2D eigenvalue weighted by molar-refractivity contribution is 6.46. The zero-order valence-electron chi connectivity index (χ0n) is 20.2. The zero-order chi connectivity index (χ0) is 23.8. The quantitative estimate of drug-likeness (QED) is 0.406. The van der Waals surface area contributed by atoms with Crippen LogP contribution >= 0.6 is 0 Å². The number of furan rings is 1. The summed E-state index contributed by atoms with van der Waals surface area (Å²) in [6.07, 6.45) is 0.703. The van der Waals surface area contributed by atoms with E-state index in [-0.39, 0.29) is 16.7 Å². The number of aliphatic hydroxyl groups is 1. The van der Waals surface area contributed by atoms with E-state index in [1.165, 1.54) is 4.90 Å². The molecular weight excluding hydrogens is 404 g/mol. The highest BCUT2D eigenvalue weighted by atomic mass is 16.3. The zero-order valence-corrected chi connectivity index (χ0v) is 20.2. The van der Waals surface area contributed by atoms with Gasteiger partial charge >= 0.3 is 0 Å². The number of benzene rings is 1. The van der Waals surface area contributed by atoms with E-state index in [1.54, 1.807) is 12.1 Å². The highest BCUT2D eigenvalue weighted by Gasteiger charge is 2.47. The van der Waals surface area contributed by atoms with Gasteiger partial charge in [-0.3, -0.25) is 9.59 Å². The molecule has 1 fully saturated rings. The van der Waals surface area contributed by atoms with Gasteiger partial charge in [0.1, 0.15) is 23.3 Å². The summed E-state index contributed by atoms with van der Waals surface area (Å²) >= 11 is 0. The van der Waals surface area contributed by atoms with Crippen LogP contribution in [0.1, 0.15) is 61.4 Å². The van der Waals surface area contributed by atoms with Crippen LogP contribution in [0.3, 0.4) is 0 Å². The van der Waals surface area contributed by atoms with Gasteiger partial charge in [0.05, 0.1) is 5.57 Å². The van der Waals surface area contributed by atoms with Crippen molar-refractivity contribution in [2.75, 3.05) is 27.2 Å². The van der Waals surface area contributed by atoms with Crippen LogP contribution in [0.15, 0.2) is 40.3 Å². The minimum Gasteiger partial charge on any atom is -0.507 e. The van der Waals surface area contributed by atoms with Crippen LogP contribution in [-0.2, 0) is 15.0 Å². The molecule has 0 spiro atoms. The summed E-state index contributed by atoms with van der Waals surface area (Å²) in [7, 11) is 3.93. The fourth-order valence-corrected chi connectivity index (χ4v) is 4.05. The summed E-state index contributed by atoms with van der Waals surface area (Å²) < 4.78 is 5.84. The van der Waals surface area contributed by atoms with Crippen molar-refractivity contribution in [1.29, 1.82) is 0 Å². The van der Waals surface area contributed by atoms with Gasteiger partial charge in [-0.2, -0.15) is 0 Å². The van der Waals surface area contributed by atoms with Crippen LogP contribution < -0.4 is 0 Å². The third-order valence-electron chi connectivity index (χ3n) is 5.93. The van der Waals surface area contributed by atoms with Crippen LogP contribution in [-0.4, -0.2) is 53.8 Å². The van der Waals surface area contributed by atoms with Crippen molar-refractivity contribution in [3.8, 4) is 0 Å². The number of ketones is 1. The van der Waals surface area contributed by atoms with Crippen molar-refractivity contribution < 1.29 is 19.1 Å². The van der Waals surface area contributed by atoms with Gasteiger partial charge in [0.2, 0.25) is 0 Å². The molecule has 0 radical (unpaired) electrons. The lowest BCUT2D eigenvalue weighted by atomic mass is 9.84. The molecule has 2 heterocycles. The number of amides is 1. The number of carbonyl (C=O) groups excluding carboxylic acids is 2. The van der Waals surface area contributed by atoms with Crippen LogP contribution in [0.4, 0.5) is 0 Å². The van der Waals surface area contributed by atoms with Crippen LogP contribution in [0.25, 0.3) is 5.76 Å². The van der Waals surface area contributed by atoms with Crippen molar-refractivity contribution in [1.82, 2.24) is 9.80 Å². The average molecular weight is 439 g/mol. The number of aliphatic hydroxyl groups excluding tert-OH is 1. The molecule has 0 bridgehead atoms. The van der Waals surface area contributed by atoms with Crippen molar-refractivity contribution in [2.24, 2.45) is 0 Å². The second-order valence-corrected chi connectivity index (χ2v) is 9.88. The van der Waals surface area contributed by atoms with Gasteiger partial charge in [-0.1, -0.05) is 32.9 Å². The summed E-state index contributed by atoms with van der Waals surface area (Å²) in [5.41, 5.74) is 2.40. The molecule has 0 saturated carbocycles. The number of carbonyl (C=O) groups is 2. The van der Waals surface area contributed by atoms with Gasteiger partial charge in [0, 0.05) is 12.1 Å². The van der Waals surface area contributed by atoms with E-state index < -0.39 is 17.7 Å². The number of hydrogen-bond acceptors (Lipinski definition) is 5. The molecule has 1 aromatic heterocycles. The molecule has 32 heavy (non-hydrogen) atoms. The van der Waals surface area contributed by atoms with E-state index >= 15 is 0 Å². The Balaban J connectivity index is 2.15. The number of Topliss-reactive ketones (excluding diaryl/α,β-unsaturated/α-hetero) is 1. The van der Waals surface area contributed by atoms with Crippen molar-refractivity contribution in [2.45, 2.75) is 52.5 Å². The van der Waals surface area contributed by atoms with Crippen molar-refractivity contribution >= 4 is 17.4 Å². The third kappa shape index (κ3) is 4.65. The number of rotatable bonds is 6. The molecule has 1 N–H and O–H groups in total.